The maximum absolute atomic E-state index is 7.35. The SMILES string of the molecule is CC1(C)c2ccccc2-c2ccc(N(c3ccc(-c4ccccc4)cc3)c3cc(Cl)cc(N(c4ccc(-c5ccccc5)cc4)c4ccc5c(c4)C(C)(C)c4ccccc4-5)c3)cc21. The van der Waals surface area contributed by atoms with E-state index in [1.807, 2.05) is 0 Å². The highest BCUT2D eigenvalue weighted by molar-refractivity contribution is 6.31. The maximum atomic E-state index is 7.35. The van der Waals surface area contributed by atoms with Gasteiger partial charge in [-0.05, 0) is 133 Å². The predicted molar refractivity (Wildman–Crippen MR) is 267 cm³/mol. The van der Waals surface area contributed by atoms with Crippen molar-refractivity contribution in [3.05, 3.63) is 240 Å². The summed E-state index contributed by atoms with van der Waals surface area (Å²) in [7, 11) is 0. The van der Waals surface area contributed by atoms with Crippen molar-refractivity contribution in [3.63, 3.8) is 0 Å². The molecule has 0 amide bonds. The monoisotopic (exact) mass is 830 g/mol. The zero-order valence-electron chi connectivity index (χ0n) is 36.0. The van der Waals surface area contributed by atoms with Crippen LogP contribution in [0.5, 0.6) is 0 Å². The minimum absolute atomic E-state index is 0.159. The molecule has 9 aromatic carbocycles. The van der Waals surface area contributed by atoms with Crippen LogP contribution in [-0.2, 0) is 10.8 Å². The Morgan fingerprint density at radius 1 is 0.286 bits per heavy atom. The van der Waals surface area contributed by atoms with Gasteiger partial charge in [0.15, 0.2) is 0 Å². The fourth-order valence-electron chi connectivity index (χ4n) is 10.2. The number of nitrogens with zero attached hydrogens (tertiary/aromatic N) is 2. The van der Waals surface area contributed by atoms with E-state index in [9.17, 15) is 0 Å². The van der Waals surface area contributed by atoms with Crippen LogP contribution in [-0.4, -0.2) is 0 Å². The lowest BCUT2D eigenvalue weighted by Crippen LogP contribution is -2.17. The first-order chi connectivity index (χ1) is 30.6. The van der Waals surface area contributed by atoms with Crippen molar-refractivity contribution in [2.75, 3.05) is 9.80 Å². The van der Waals surface area contributed by atoms with Crippen molar-refractivity contribution >= 4 is 45.7 Å². The van der Waals surface area contributed by atoms with Crippen molar-refractivity contribution in [2.45, 2.75) is 38.5 Å². The normalized spacial score (nSPS) is 13.7. The van der Waals surface area contributed by atoms with Crippen molar-refractivity contribution < 1.29 is 0 Å². The van der Waals surface area contributed by atoms with Crippen LogP contribution in [0.2, 0.25) is 5.02 Å². The number of anilines is 6. The molecule has 9 aromatic rings. The number of rotatable bonds is 8. The minimum atomic E-state index is -0.159. The third-order valence-electron chi connectivity index (χ3n) is 13.5. The first-order valence-electron chi connectivity index (χ1n) is 21.9. The molecule has 2 aliphatic rings. The molecule has 0 spiro atoms. The van der Waals surface area contributed by atoms with Gasteiger partial charge in [-0.1, -0.05) is 185 Å². The van der Waals surface area contributed by atoms with Crippen LogP contribution >= 0.6 is 11.6 Å². The van der Waals surface area contributed by atoms with Crippen LogP contribution in [0, 0.1) is 0 Å². The molecule has 0 heterocycles. The van der Waals surface area contributed by atoms with Gasteiger partial charge in [-0.25, -0.2) is 0 Å². The molecule has 0 bridgehead atoms. The Morgan fingerprint density at radius 3 is 1.03 bits per heavy atom. The van der Waals surface area contributed by atoms with Gasteiger partial charge < -0.3 is 9.80 Å². The molecule has 2 aliphatic carbocycles. The number of benzene rings is 9. The summed E-state index contributed by atoms with van der Waals surface area (Å²) in [4.78, 5) is 4.73. The molecule has 11 rings (SSSR count). The number of hydrogen-bond donors (Lipinski definition) is 0. The number of fused-ring (bicyclic) bond motifs is 6. The van der Waals surface area contributed by atoms with Gasteiger partial charge in [-0.3, -0.25) is 0 Å². The largest absolute Gasteiger partial charge is 0.310 e. The summed E-state index contributed by atoms with van der Waals surface area (Å²) in [6.45, 7) is 9.37. The smallest absolute Gasteiger partial charge is 0.0497 e. The highest BCUT2D eigenvalue weighted by atomic mass is 35.5. The van der Waals surface area contributed by atoms with Crippen molar-refractivity contribution in [2.24, 2.45) is 0 Å². The van der Waals surface area contributed by atoms with Crippen LogP contribution in [0.4, 0.5) is 34.1 Å². The highest BCUT2D eigenvalue weighted by Crippen LogP contribution is 2.53. The van der Waals surface area contributed by atoms with E-state index in [-0.39, 0.29) is 10.8 Å². The van der Waals surface area contributed by atoms with E-state index >= 15 is 0 Å². The maximum Gasteiger partial charge on any atom is 0.0497 e. The molecule has 63 heavy (non-hydrogen) atoms. The molecule has 0 aromatic heterocycles. The first kappa shape index (κ1) is 38.8. The lowest BCUT2D eigenvalue weighted by molar-refractivity contribution is 0.660. The molecule has 304 valence electrons. The molecule has 0 atom stereocenters. The molecule has 0 saturated carbocycles. The van der Waals surface area contributed by atoms with E-state index in [0.29, 0.717) is 5.02 Å². The molecule has 0 radical (unpaired) electrons. The van der Waals surface area contributed by atoms with Crippen molar-refractivity contribution in [1.82, 2.24) is 0 Å². The Morgan fingerprint density at radius 2 is 0.619 bits per heavy atom. The molecule has 0 fully saturated rings. The van der Waals surface area contributed by atoms with Crippen molar-refractivity contribution in [3.8, 4) is 44.5 Å². The Labute approximate surface area is 376 Å². The Hall–Kier alpha value is -7.13. The van der Waals surface area contributed by atoms with Gasteiger partial charge in [0.1, 0.15) is 0 Å². The second-order valence-electron chi connectivity index (χ2n) is 18.0. The van der Waals surface area contributed by atoms with Crippen LogP contribution < -0.4 is 9.80 Å². The topological polar surface area (TPSA) is 6.48 Å². The van der Waals surface area contributed by atoms with Gasteiger partial charge in [0.05, 0.1) is 0 Å². The minimum Gasteiger partial charge on any atom is -0.310 e. The fourth-order valence-corrected chi connectivity index (χ4v) is 10.5. The zero-order valence-corrected chi connectivity index (χ0v) is 36.7. The van der Waals surface area contributed by atoms with E-state index < -0.39 is 0 Å². The zero-order chi connectivity index (χ0) is 42.9. The van der Waals surface area contributed by atoms with Crippen LogP contribution in [0.25, 0.3) is 44.5 Å². The molecule has 2 nitrogen and oxygen atoms in total. The van der Waals surface area contributed by atoms with Crippen LogP contribution in [0.3, 0.4) is 0 Å². The van der Waals surface area contributed by atoms with Gasteiger partial charge in [-0.2, -0.15) is 0 Å². The summed E-state index contributed by atoms with van der Waals surface area (Å²) < 4.78 is 0. The molecule has 0 saturated heterocycles. The Bertz CT molecular complexity index is 2950. The van der Waals surface area contributed by atoms with E-state index in [0.717, 1.165) is 34.1 Å². The lowest BCUT2D eigenvalue weighted by Gasteiger charge is -2.31. The average Bonchev–Trinajstić information content (AvgIpc) is 3.69. The van der Waals surface area contributed by atoms with Gasteiger partial charge in [-0.15, -0.1) is 0 Å². The fraction of sp³-hybridized carbons (Fsp3) is 0.100. The van der Waals surface area contributed by atoms with Gasteiger partial charge >= 0.3 is 0 Å². The highest BCUT2D eigenvalue weighted by Gasteiger charge is 2.37. The Kier molecular flexibility index (Phi) is 9.26. The molecular weight excluding hydrogens is 784 g/mol. The summed E-state index contributed by atoms with van der Waals surface area (Å²) in [5, 5.41) is 0.655. The molecule has 0 unspecified atom stereocenters. The Balaban J connectivity index is 1.09. The van der Waals surface area contributed by atoms with E-state index in [1.165, 1.54) is 66.8 Å². The van der Waals surface area contributed by atoms with Gasteiger partial charge in [0, 0.05) is 50.0 Å². The molecular formula is C60H47ClN2. The second-order valence-corrected chi connectivity index (χ2v) is 18.4. The van der Waals surface area contributed by atoms with E-state index in [1.54, 1.807) is 0 Å². The predicted octanol–water partition coefficient (Wildman–Crippen LogP) is 17.2. The quantitative estimate of drug-likeness (QED) is 0.151. The summed E-state index contributed by atoms with van der Waals surface area (Å²) in [6, 6.07) is 77.1. The third-order valence-corrected chi connectivity index (χ3v) is 13.7. The summed E-state index contributed by atoms with van der Waals surface area (Å²) in [5.74, 6) is 0. The third kappa shape index (κ3) is 6.56. The molecule has 3 heteroatoms. The number of hydrogen-bond acceptors (Lipinski definition) is 2. The standard InChI is InChI=1S/C60H47ClN2/c1-59(2)55-21-13-11-19-51(55)53-33-31-47(38-57(53)59)62(45-27-23-42(24-28-45)40-15-7-5-8-16-40)49-35-44(61)36-50(37-49)63(46-29-25-43(26-30-46)41-17-9-6-10-18-41)48-32-34-54-52-20-12-14-22-56(52)60(3,4)58(54)39-48/h5-39H,1-4H3. The van der Waals surface area contributed by atoms with E-state index in [2.05, 4.69) is 250 Å². The molecule has 0 aliphatic heterocycles. The summed E-state index contributed by atoms with van der Waals surface area (Å²) in [5.41, 5.74) is 21.1. The van der Waals surface area contributed by atoms with E-state index in [4.69, 9.17) is 11.6 Å². The second kappa shape index (κ2) is 15.0. The first-order valence-corrected chi connectivity index (χ1v) is 22.2. The van der Waals surface area contributed by atoms with Gasteiger partial charge in [0.25, 0.3) is 0 Å². The summed E-state index contributed by atoms with van der Waals surface area (Å²) in [6.07, 6.45) is 0. The lowest BCUT2D eigenvalue weighted by atomic mass is 9.82. The van der Waals surface area contributed by atoms with Gasteiger partial charge in [0.2, 0.25) is 0 Å². The van der Waals surface area contributed by atoms with Crippen molar-refractivity contribution in [1.29, 1.82) is 0 Å². The summed E-state index contributed by atoms with van der Waals surface area (Å²) >= 11 is 7.35. The molecule has 0 N–H and O–H groups in total. The average molecular weight is 832 g/mol. The van der Waals surface area contributed by atoms with Crippen LogP contribution in [0.1, 0.15) is 49.9 Å². The number of halogens is 1. The van der Waals surface area contributed by atoms with Crippen LogP contribution in [0.15, 0.2) is 212 Å².